The lowest BCUT2D eigenvalue weighted by molar-refractivity contribution is 0.144. The third-order valence-electron chi connectivity index (χ3n) is 3.68. The maximum absolute atomic E-state index is 14.2. The van der Waals surface area contributed by atoms with E-state index in [1.54, 1.807) is 5.38 Å². The molecule has 0 bridgehead atoms. The molecule has 0 radical (unpaired) electrons. The van der Waals surface area contributed by atoms with Gasteiger partial charge in [-0.3, -0.25) is 14.2 Å². The van der Waals surface area contributed by atoms with Crippen LogP contribution in [0.5, 0.6) is 5.75 Å². The Morgan fingerprint density at radius 2 is 2.17 bits per heavy atom. The lowest BCUT2D eigenvalue weighted by atomic mass is 10.1. The molecular formula is C14H6F2N2O4S. The molecule has 6 nitrogen and oxygen atoms in total. The summed E-state index contributed by atoms with van der Waals surface area (Å²) in [6.45, 7) is 0. The lowest BCUT2D eigenvalue weighted by Gasteiger charge is -2.06. The molecule has 116 valence electrons. The minimum atomic E-state index is -1.66. The molecule has 0 aliphatic rings. The molecule has 3 aromatic heterocycles. The summed E-state index contributed by atoms with van der Waals surface area (Å²) in [5, 5.41) is 10.3. The Morgan fingerprint density at radius 1 is 1.43 bits per heavy atom. The first-order chi connectivity index (χ1) is 11.0. The van der Waals surface area contributed by atoms with Gasteiger partial charge in [0.1, 0.15) is 4.83 Å². The standard InChI is InChI=1S/C14H6F2N2O4S/c1-17-9-6-3-23-13-12(22-14(20)21)11(19)4-2-5(15)8(16)7(9)10(4)18(6)13/h2-3H,1H3,(H,20,21). The highest BCUT2D eigenvalue weighted by molar-refractivity contribution is 7.16. The quantitative estimate of drug-likeness (QED) is 0.541. The van der Waals surface area contributed by atoms with Crippen molar-refractivity contribution in [1.82, 2.24) is 4.40 Å². The van der Waals surface area contributed by atoms with Crippen molar-refractivity contribution in [2.24, 2.45) is 4.99 Å². The molecule has 0 aliphatic carbocycles. The van der Waals surface area contributed by atoms with E-state index >= 15 is 0 Å². The van der Waals surface area contributed by atoms with E-state index in [1.165, 1.54) is 11.4 Å². The van der Waals surface area contributed by atoms with Crippen molar-refractivity contribution in [1.29, 1.82) is 0 Å². The zero-order valence-corrected chi connectivity index (χ0v) is 12.2. The van der Waals surface area contributed by atoms with E-state index in [4.69, 9.17) is 5.11 Å². The summed E-state index contributed by atoms with van der Waals surface area (Å²) < 4.78 is 34.2. The lowest BCUT2D eigenvalue weighted by Crippen LogP contribution is -2.14. The van der Waals surface area contributed by atoms with Crippen LogP contribution in [0.2, 0.25) is 0 Å². The zero-order valence-electron chi connectivity index (χ0n) is 11.4. The van der Waals surface area contributed by atoms with E-state index in [9.17, 15) is 18.4 Å². The van der Waals surface area contributed by atoms with Crippen molar-refractivity contribution in [3.8, 4) is 5.75 Å². The molecule has 4 aromatic rings. The van der Waals surface area contributed by atoms with Gasteiger partial charge in [0.25, 0.3) is 0 Å². The first-order valence-electron chi connectivity index (χ1n) is 6.32. The summed E-state index contributed by atoms with van der Waals surface area (Å²) in [5.41, 5.74) is -0.195. The van der Waals surface area contributed by atoms with Crippen molar-refractivity contribution < 1.29 is 23.4 Å². The Morgan fingerprint density at radius 3 is 2.83 bits per heavy atom. The van der Waals surface area contributed by atoms with Crippen LogP contribution in [0.3, 0.4) is 0 Å². The van der Waals surface area contributed by atoms with Gasteiger partial charge in [0.15, 0.2) is 11.6 Å². The number of aromatic nitrogens is 1. The van der Waals surface area contributed by atoms with Gasteiger partial charge in [0.2, 0.25) is 11.2 Å². The van der Waals surface area contributed by atoms with Gasteiger partial charge in [-0.2, -0.15) is 0 Å². The Labute approximate surface area is 129 Å². The average Bonchev–Trinajstić information content (AvgIpc) is 3.05. The summed E-state index contributed by atoms with van der Waals surface area (Å²) >= 11 is 1.06. The number of nitrogens with zero attached hydrogens (tertiary/aromatic N) is 2. The van der Waals surface area contributed by atoms with E-state index in [2.05, 4.69) is 9.73 Å². The van der Waals surface area contributed by atoms with E-state index in [1.807, 2.05) is 0 Å². The Balaban J connectivity index is 2.42. The van der Waals surface area contributed by atoms with E-state index in [0.717, 1.165) is 17.4 Å². The SMILES string of the molecule is CN=c1c2c(F)c(F)cc3c(=O)c(OC(=O)O)c4scc1n4c32. The van der Waals surface area contributed by atoms with E-state index in [-0.39, 0.29) is 26.5 Å². The largest absolute Gasteiger partial charge is 0.511 e. The van der Waals surface area contributed by atoms with Crippen LogP contribution < -0.4 is 15.5 Å². The molecule has 0 fully saturated rings. The molecule has 0 atom stereocenters. The van der Waals surface area contributed by atoms with Crippen LogP contribution in [0.1, 0.15) is 0 Å². The summed E-state index contributed by atoms with van der Waals surface area (Å²) in [5.74, 6) is -2.74. The van der Waals surface area contributed by atoms with Gasteiger partial charge in [-0.15, -0.1) is 11.3 Å². The first-order valence-corrected chi connectivity index (χ1v) is 7.20. The number of ether oxygens (including phenoxy) is 1. The third kappa shape index (κ3) is 1.57. The molecule has 0 unspecified atom stereocenters. The topological polar surface area (TPSA) is 80.4 Å². The Kier molecular flexibility index (Phi) is 2.62. The Hall–Kier alpha value is -2.81. The zero-order chi connectivity index (χ0) is 16.5. The molecule has 0 amide bonds. The highest BCUT2D eigenvalue weighted by Crippen LogP contribution is 2.34. The summed E-state index contributed by atoms with van der Waals surface area (Å²) in [7, 11) is 1.42. The third-order valence-corrected chi connectivity index (χ3v) is 4.61. The molecule has 0 saturated carbocycles. The normalized spacial score (nSPS) is 12.9. The Bertz CT molecular complexity index is 1230. The van der Waals surface area contributed by atoms with Gasteiger partial charge in [0.05, 0.1) is 27.2 Å². The predicted octanol–water partition coefficient (Wildman–Crippen LogP) is 2.41. The summed E-state index contributed by atoms with van der Waals surface area (Å²) in [6.07, 6.45) is -1.66. The van der Waals surface area contributed by atoms with Crippen LogP contribution in [0.15, 0.2) is 21.2 Å². The molecule has 1 aromatic carbocycles. The molecule has 4 rings (SSSR count). The second-order valence-corrected chi connectivity index (χ2v) is 5.66. The molecule has 3 heterocycles. The molecule has 0 spiro atoms. The van der Waals surface area contributed by atoms with Crippen LogP contribution >= 0.6 is 11.3 Å². The number of halogens is 2. The van der Waals surface area contributed by atoms with Gasteiger partial charge in [0, 0.05) is 12.4 Å². The summed E-state index contributed by atoms with van der Waals surface area (Å²) in [4.78, 5) is 27.5. The van der Waals surface area contributed by atoms with Crippen molar-refractivity contribution in [3.05, 3.63) is 38.7 Å². The van der Waals surface area contributed by atoms with Crippen molar-refractivity contribution in [3.63, 3.8) is 0 Å². The number of pyridine rings is 1. The van der Waals surface area contributed by atoms with Crippen LogP contribution in [-0.4, -0.2) is 22.7 Å². The highest BCUT2D eigenvalue weighted by atomic mass is 32.1. The number of benzene rings is 1. The van der Waals surface area contributed by atoms with Crippen molar-refractivity contribution in [2.45, 2.75) is 0 Å². The maximum Gasteiger partial charge on any atom is 0.511 e. The van der Waals surface area contributed by atoms with Gasteiger partial charge in [-0.25, -0.2) is 13.6 Å². The fraction of sp³-hybridized carbons (Fsp3) is 0.0714. The second kappa shape index (κ2) is 4.35. The molecular weight excluding hydrogens is 330 g/mol. The monoisotopic (exact) mass is 336 g/mol. The van der Waals surface area contributed by atoms with Crippen molar-refractivity contribution in [2.75, 3.05) is 7.05 Å². The highest BCUT2D eigenvalue weighted by Gasteiger charge is 2.26. The maximum atomic E-state index is 14.2. The minimum absolute atomic E-state index is 0.103. The first kappa shape index (κ1) is 13.8. The average molecular weight is 336 g/mol. The number of hydrogen-bond acceptors (Lipinski definition) is 5. The van der Waals surface area contributed by atoms with Crippen LogP contribution in [-0.2, 0) is 0 Å². The number of carboxylic acid groups (broad SMARTS) is 1. The molecule has 0 aliphatic heterocycles. The van der Waals surface area contributed by atoms with Crippen LogP contribution in [0.4, 0.5) is 13.6 Å². The predicted molar refractivity (Wildman–Crippen MR) is 79.0 cm³/mol. The molecule has 23 heavy (non-hydrogen) atoms. The van der Waals surface area contributed by atoms with Gasteiger partial charge in [-0.1, -0.05) is 0 Å². The number of thiazole rings is 1. The van der Waals surface area contributed by atoms with Gasteiger partial charge >= 0.3 is 6.16 Å². The van der Waals surface area contributed by atoms with E-state index < -0.39 is 29.0 Å². The van der Waals surface area contributed by atoms with Crippen molar-refractivity contribution >= 4 is 44.1 Å². The number of rotatable bonds is 1. The fourth-order valence-corrected chi connectivity index (χ4v) is 3.83. The van der Waals surface area contributed by atoms with E-state index in [0.29, 0.717) is 5.52 Å². The smallest absolute Gasteiger partial charge is 0.449 e. The minimum Gasteiger partial charge on any atom is -0.449 e. The van der Waals surface area contributed by atoms with Crippen LogP contribution in [0, 0.1) is 11.6 Å². The summed E-state index contributed by atoms with van der Waals surface area (Å²) in [6, 6.07) is 0.748. The second-order valence-electron chi connectivity index (χ2n) is 4.80. The molecule has 1 N–H and O–H groups in total. The number of carbonyl (C=O) groups is 1. The van der Waals surface area contributed by atoms with Crippen LogP contribution in [0.25, 0.3) is 26.6 Å². The molecule has 0 saturated heterocycles. The molecule has 9 heteroatoms. The fourth-order valence-electron chi connectivity index (χ4n) is 2.85. The van der Waals surface area contributed by atoms with Gasteiger partial charge < -0.3 is 9.84 Å². The number of hydrogen-bond donors (Lipinski definition) is 1. The van der Waals surface area contributed by atoms with Gasteiger partial charge in [-0.05, 0) is 6.07 Å².